The summed E-state index contributed by atoms with van der Waals surface area (Å²) in [6.45, 7) is 3.28. The summed E-state index contributed by atoms with van der Waals surface area (Å²) >= 11 is 1.67. The number of nitrogens with two attached hydrogens (primary N) is 1. The Morgan fingerprint density at radius 1 is 1.09 bits per heavy atom. The maximum Gasteiger partial charge on any atom is 0.237 e. The smallest absolute Gasteiger partial charge is 0.237 e. The molecule has 14 heteroatoms. The number of amides is 2. The molecule has 1 atom stereocenters. The number of carbonyl (C=O) groups is 2. The van der Waals surface area contributed by atoms with Gasteiger partial charge in [-0.05, 0) is 61.7 Å². The van der Waals surface area contributed by atoms with Crippen LogP contribution < -0.4 is 15.4 Å². The summed E-state index contributed by atoms with van der Waals surface area (Å²) in [5.74, 6) is 1.74. The number of thiophene rings is 1. The van der Waals surface area contributed by atoms with Crippen LogP contribution in [0.4, 0.5) is 11.5 Å². The number of ether oxygens (including phenoxy) is 1. The SMILES string of the molecule is COc1ccc(C(=N)c2nc(N3CC[C@]4(CCN(CC(=O)N5CC=C(c6ccc(-c7ncn(C)n7)s6)CC5)C4)C3=O)ccc2N)cn1. The molecule has 0 saturated carbocycles. The summed E-state index contributed by atoms with van der Waals surface area (Å²) < 4.78 is 6.82. The van der Waals surface area contributed by atoms with Crippen LogP contribution in [0.5, 0.6) is 5.88 Å². The van der Waals surface area contributed by atoms with Crippen molar-refractivity contribution in [2.75, 3.05) is 57.0 Å². The number of hydrogen-bond acceptors (Lipinski definition) is 11. The minimum atomic E-state index is -0.550. The molecule has 3 N–H and O–H groups in total. The molecular formula is C33H36N10O3S. The van der Waals surface area contributed by atoms with Crippen molar-refractivity contribution in [2.45, 2.75) is 19.3 Å². The second-order valence-corrected chi connectivity index (χ2v) is 13.3. The van der Waals surface area contributed by atoms with Crippen LogP contribution in [-0.4, -0.2) is 98.4 Å². The lowest BCUT2D eigenvalue weighted by Crippen LogP contribution is -2.43. The number of aromatic nitrogens is 5. The summed E-state index contributed by atoms with van der Waals surface area (Å²) in [4.78, 5) is 48.3. The molecule has 7 heterocycles. The van der Waals surface area contributed by atoms with Gasteiger partial charge in [0, 0.05) is 55.9 Å². The molecule has 242 valence electrons. The molecule has 1 spiro atoms. The van der Waals surface area contributed by atoms with E-state index >= 15 is 0 Å². The zero-order chi connectivity index (χ0) is 32.7. The number of carbonyl (C=O) groups excluding carboxylic acids is 2. The molecule has 0 radical (unpaired) electrons. The number of nitrogen functional groups attached to an aromatic ring is 1. The fourth-order valence-corrected chi connectivity index (χ4v) is 7.61. The molecule has 3 aliphatic rings. The third kappa shape index (κ3) is 5.89. The first-order valence-corrected chi connectivity index (χ1v) is 16.4. The highest BCUT2D eigenvalue weighted by Gasteiger charge is 2.51. The van der Waals surface area contributed by atoms with Crippen molar-refractivity contribution in [2.24, 2.45) is 12.5 Å². The highest BCUT2D eigenvalue weighted by Crippen LogP contribution is 2.42. The van der Waals surface area contributed by atoms with Crippen molar-refractivity contribution in [3.8, 4) is 16.6 Å². The van der Waals surface area contributed by atoms with Crippen molar-refractivity contribution in [3.63, 3.8) is 0 Å². The van der Waals surface area contributed by atoms with E-state index in [9.17, 15) is 9.59 Å². The van der Waals surface area contributed by atoms with Gasteiger partial charge in [0.25, 0.3) is 0 Å². The molecule has 47 heavy (non-hydrogen) atoms. The van der Waals surface area contributed by atoms with Gasteiger partial charge in [0.2, 0.25) is 17.7 Å². The molecule has 2 amide bonds. The Labute approximate surface area is 276 Å². The lowest BCUT2D eigenvalue weighted by Gasteiger charge is -2.29. The summed E-state index contributed by atoms with van der Waals surface area (Å²) in [5, 5.41) is 13.1. The first kappa shape index (κ1) is 30.7. The summed E-state index contributed by atoms with van der Waals surface area (Å²) in [6, 6.07) is 11.0. The van der Waals surface area contributed by atoms with Crippen LogP contribution >= 0.6 is 11.3 Å². The first-order chi connectivity index (χ1) is 22.7. The van der Waals surface area contributed by atoms with Gasteiger partial charge in [0.15, 0.2) is 5.82 Å². The summed E-state index contributed by atoms with van der Waals surface area (Å²) in [7, 11) is 3.39. The molecular weight excluding hydrogens is 616 g/mol. The zero-order valence-corrected chi connectivity index (χ0v) is 27.2. The third-order valence-electron chi connectivity index (χ3n) is 9.27. The van der Waals surface area contributed by atoms with Crippen LogP contribution in [0.3, 0.4) is 0 Å². The molecule has 0 unspecified atom stereocenters. The number of nitrogens with zero attached hydrogens (tertiary/aromatic N) is 8. The molecule has 0 aliphatic carbocycles. The van der Waals surface area contributed by atoms with Gasteiger partial charge in [0.05, 0.1) is 35.3 Å². The standard InChI is InChI=1S/C33H36N10O3S/c1-40-20-37-31(39-40)25-6-5-24(47-25)21-9-13-42(14-10-21)28(44)18-41-15-11-33(19-41)12-16-43(32(33)45)26-7-4-23(34)30(38-26)29(35)22-3-8-27(46-2)36-17-22/h3-9,17,20,35H,10-16,18-19,34H2,1-2H3/t33-/m0/s1. The van der Waals surface area contributed by atoms with Crippen molar-refractivity contribution in [1.29, 1.82) is 5.41 Å². The van der Waals surface area contributed by atoms with Crippen LogP contribution in [-0.2, 0) is 16.6 Å². The molecule has 0 bridgehead atoms. The van der Waals surface area contributed by atoms with Gasteiger partial charge in [-0.15, -0.1) is 11.3 Å². The van der Waals surface area contributed by atoms with E-state index in [1.165, 1.54) is 17.6 Å². The summed E-state index contributed by atoms with van der Waals surface area (Å²) in [6.07, 6.45) is 7.56. The number of rotatable bonds is 8. The molecule has 2 saturated heterocycles. The Morgan fingerprint density at radius 3 is 2.64 bits per heavy atom. The van der Waals surface area contributed by atoms with E-state index in [1.54, 1.807) is 57.7 Å². The highest BCUT2D eigenvalue weighted by atomic mass is 32.1. The molecule has 4 aromatic heterocycles. The van der Waals surface area contributed by atoms with Crippen molar-refractivity contribution >= 4 is 45.9 Å². The van der Waals surface area contributed by atoms with Gasteiger partial charge >= 0.3 is 0 Å². The number of pyridine rings is 2. The Balaban J connectivity index is 0.964. The molecule has 2 fully saturated rings. The Bertz CT molecular complexity index is 1880. The van der Waals surface area contributed by atoms with Crippen LogP contribution in [0.2, 0.25) is 0 Å². The maximum absolute atomic E-state index is 13.9. The predicted molar refractivity (Wildman–Crippen MR) is 179 cm³/mol. The molecule has 13 nitrogen and oxygen atoms in total. The monoisotopic (exact) mass is 652 g/mol. The van der Waals surface area contributed by atoms with Gasteiger partial charge in [-0.3, -0.25) is 29.5 Å². The number of methoxy groups -OCH3 is 1. The van der Waals surface area contributed by atoms with Gasteiger partial charge < -0.3 is 15.4 Å². The maximum atomic E-state index is 13.9. The van der Waals surface area contributed by atoms with Gasteiger partial charge in [0.1, 0.15) is 17.8 Å². The zero-order valence-electron chi connectivity index (χ0n) is 26.3. The van der Waals surface area contributed by atoms with Crippen LogP contribution in [0.15, 0.2) is 55.0 Å². The highest BCUT2D eigenvalue weighted by molar-refractivity contribution is 7.16. The Kier molecular flexibility index (Phi) is 8.06. The molecule has 4 aromatic rings. The third-order valence-corrected chi connectivity index (χ3v) is 10.4. The minimum Gasteiger partial charge on any atom is -0.481 e. The van der Waals surface area contributed by atoms with Gasteiger partial charge in [-0.25, -0.2) is 15.0 Å². The number of nitrogens with one attached hydrogen (secondary N) is 1. The Hall–Kier alpha value is -4.95. The minimum absolute atomic E-state index is 0.00934. The van der Waals surface area contributed by atoms with Crippen LogP contribution in [0, 0.1) is 10.8 Å². The molecule has 0 aromatic carbocycles. The number of likely N-dealkylation sites (tertiary alicyclic amines) is 1. The second-order valence-electron chi connectivity index (χ2n) is 12.2. The lowest BCUT2D eigenvalue weighted by molar-refractivity contribution is -0.132. The van der Waals surface area contributed by atoms with Gasteiger partial charge in [-0.1, -0.05) is 6.08 Å². The predicted octanol–water partition coefficient (Wildman–Crippen LogP) is 3.09. The normalized spacial score (nSPS) is 19.9. The topological polar surface area (TPSA) is 159 Å². The van der Waals surface area contributed by atoms with Crippen LogP contribution in [0.25, 0.3) is 16.3 Å². The number of aryl methyl sites for hydroxylation is 1. The molecule has 3 aliphatic heterocycles. The van der Waals surface area contributed by atoms with Gasteiger partial charge in [-0.2, -0.15) is 5.10 Å². The quantitative estimate of drug-likeness (QED) is 0.273. The van der Waals surface area contributed by atoms with Crippen molar-refractivity contribution in [1.82, 2.24) is 34.5 Å². The van der Waals surface area contributed by atoms with E-state index in [0.29, 0.717) is 80.8 Å². The average Bonchev–Trinajstić information content (AvgIpc) is 3.90. The average molecular weight is 653 g/mol. The largest absolute Gasteiger partial charge is 0.481 e. The summed E-state index contributed by atoms with van der Waals surface area (Å²) in [5.41, 5.74) is 8.22. The van der Waals surface area contributed by atoms with E-state index in [2.05, 4.69) is 43.2 Å². The Morgan fingerprint density at radius 2 is 1.91 bits per heavy atom. The van der Waals surface area contributed by atoms with Crippen molar-refractivity contribution in [3.05, 3.63) is 71.1 Å². The van der Waals surface area contributed by atoms with E-state index < -0.39 is 5.41 Å². The van der Waals surface area contributed by atoms with E-state index in [-0.39, 0.29) is 17.5 Å². The van der Waals surface area contributed by atoms with E-state index in [4.69, 9.17) is 15.9 Å². The van der Waals surface area contributed by atoms with Crippen molar-refractivity contribution < 1.29 is 14.3 Å². The fourth-order valence-electron chi connectivity index (χ4n) is 6.60. The fraction of sp³-hybridized carbons (Fsp3) is 0.364. The van der Waals surface area contributed by atoms with E-state index in [0.717, 1.165) is 17.1 Å². The molecule has 7 rings (SSSR count). The van der Waals surface area contributed by atoms with E-state index in [1.807, 2.05) is 11.9 Å². The first-order valence-electron chi connectivity index (χ1n) is 15.6. The van der Waals surface area contributed by atoms with Crippen LogP contribution in [0.1, 0.15) is 35.4 Å². The second kappa shape index (κ2) is 12.3. The lowest BCUT2D eigenvalue weighted by atomic mass is 9.85. The number of anilines is 2. The number of hydrogen-bond donors (Lipinski definition) is 2.